The molecule has 1 saturated heterocycles. The molecule has 0 bridgehead atoms. The highest BCUT2D eigenvalue weighted by atomic mass is 35.5. The minimum Gasteiger partial charge on any atom is -0.493 e. The molecule has 2 rings (SSSR count). The number of hydrogen-bond acceptors (Lipinski definition) is 5. The number of amides is 1. The van der Waals surface area contributed by atoms with Crippen LogP contribution in [0.2, 0.25) is 0 Å². The van der Waals surface area contributed by atoms with Gasteiger partial charge in [-0.15, -0.1) is 12.4 Å². The van der Waals surface area contributed by atoms with E-state index in [-0.39, 0.29) is 24.4 Å². The summed E-state index contributed by atoms with van der Waals surface area (Å²) in [5, 5.41) is 3.28. The summed E-state index contributed by atoms with van der Waals surface area (Å²) in [4.78, 5) is 14.4. The van der Waals surface area contributed by atoms with E-state index in [4.69, 9.17) is 14.2 Å². The number of piperazine rings is 1. The van der Waals surface area contributed by atoms with Crippen LogP contribution in [0.3, 0.4) is 0 Å². The Bertz CT molecular complexity index is 514. The third-order valence-corrected chi connectivity index (χ3v) is 3.90. The summed E-state index contributed by atoms with van der Waals surface area (Å²) >= 11 is 0. The molecule has 23 heavy (non-hydrogen) atoms. The van der Waals surface area contributed by atoms with E-state index < -0.39 is 0 Å². The molecule has 6 nitrogen and oxygen atoms in total. The van der Waals surface area contributed by atoms with Crippen molar-refractivity contribution < 1.29 is 19.0 Å². The van der Waals surface area contributed by atoms with Crippen LogP contribution in [0.5, 0.6) is 17.2 Å². The highest BCUT2D eigenvalue weighted by Crippen LogP contribution is 2.38. The zero-order valence-corrected chi connectivity index (χ0v) is 14.9. The monoisotopic (exact) mass is 344 g/mol. The van der Waals surface area contributed by atoms with Gasteiger partial charge in [0, 0.05) is 25.7 Å². The van der Waals surface area contributed by atoms with E-state index in [1.165, 1.54) is 0 Å². The second-order valence-corrected chi connectivity index (χ2v) is 5.35. The van der Waals surface area contributed by atoms with Crippen molar-refractivity contribution in [3.63, 3.8) is 0 Å². The smallest absolute Gasteiger partial charge is 0.227 e. The maximum absolute atomic E-state index is 12.5. The maximum Gasteiger partial charge on any atom is 0.227 e. The molecule has 1 aliphatic rings. The number of carbonyl (C=O) groups excluding carboxylic acids is 1. The second kappa shape index (κ2) is 8.84. The first-order chi connectivity index (χ1) is 10.6. The zero-order valence-electron chi connectivity index (χ0n) is 14.0. The molecule has 1 N–H and O–H groups in total. The molecule has 1 heterocycles. The normalized spacial score (nSPS) is 17.2. The Labute approximate surface area is 143 Å². The van der Waals surface area contributed by atoms with Crippen LogP contribution in [0.15, 0.2) is 12.1 Å². The number of hydrogen-bond donors (Lipinski definition) is 1. The van der Waals surface area contributed by atoms with Crippen LogP contribution >= 0.6 is 12.4 Å². The number of rotatable bonds is 5. The SMILES string of the molecule is COc1cc(CC(=O)N2CCNCC2C)cc(OC)c1OC.Cl. The van der Waals surface area contributed by atoms with Crippen molar-refractivity contribution in [2.75, 3.05) is 41.0 Å². The summed E-state index contributed by atoms with van der Waals surface area (Å²) in [6.45, 7) is 4.47. The molecule has 0 aromatic heterocycles. The van der Waals surface area contributed by atoms with E-state index in [2.05, 4.69) is 12.2 Å². The number of carbonyl (C=O) groups is 1. The summed E-state index contributed by atoms with van der Waals surface area (Å²) in [7, 11) is 4.70. The lowest BCUT2D eigenvalue weighted by Crippen LogP contribution is -2.52. The van der Waals surface area contributed by atoms with Crippen molar-refractivity contribution in [2.45, 2.75) is 19.4 Å². The van der Waals surface area contributed by atoms with E-state index in [9.17, 15) is 4.79 Å². The van der Waals surface area contributed by atoms with Gasteiger partial charge in [0.1, 0.15) is 0 Å². The van der Waals surface area contributed by atoms with E-state index in [0.717, 1.165) is 25.2 Å². The van der Waals surface area contributed by atoms with Crippen LogP contribution in [0, 0.1) is 0 Å². The molecule has 0 radical (unpaired) electrons. The highest BCUT2D eigenvalue weighted by molar-refractivity contribution is 5.85. The lowest BCUT2D eigenvalue weighted by Gasteiger charge is -2.34. The Kier molecular flexibility index (Phi) is 7.45. The fraction of sp³-hybridized carbons (Fsp3) is 0.562. The average Bonchev–Trinajstić information content (AvgIpc) is 2.54. The van der Waals surface area contributed by atoms with Gasteiger partial charge in [0.15, 0.2) is 11.5 Å². The molecule has 1 fully saturated rings. The molecule has 1 aromatic carbocycles. The fourth-order valence-electron chi connectivity index (χ4n) is 2.73. The lowest BCUT2D eigenvalue weighted by atomic mass is 10.1. The number of benzene rings is 1. The van der Waals surface area contributed by atoms with Crippen molar-refractivity contribution in [3.8, 4) is 17.2 Å². The third-order valence-electron chi connectivity index (χ3n) is 3.90. The van der Waals surface area contributed by atoms with Crippen molar-refractivity contribution in [2.24, 2.45) is 0 Å². The highest BCUT2D eigenvalue weighted by Gasteiger charge is 2.24. The Balaban J connectivity index is 0.00000264. The van der Waals surface area contributed by atoms with Crippen molar-refractivity contribution in [1.82, 2.24) is 10.2 Å². The molecule has 0 spiro atoms. The van der Waals surface area contributed by atoms with Gasteiger partial charge in [-0.3, -0.25) is 4.79 Å². The van der Waals surface area contributed by atoms with Gasteiger partial charge in [-0.2, -0.15) is 0 Å². The van der Waals surface area contributed by atoms with Crippen LogP contribution in [0.25, 0.3) is 0 Å². The van der Waals surface area contributed by atoms with Gasteiger partial charge in [0.05, 0.1) is 27.8 Å². The summed E-state index contributed by atoms with van der Waals surface area (Å²) in [5.41, 5.74) is 0.852. The molecule has 0 saturated carbocycles. The third kappa shape index (κ3) is 4.42. The van der Waals surface area contributed by atoms with E-state index >= 15 is 0 Å². The summed E-state index contributed by atoms with van der Waals surface area (Å²) in [6.07, 6.45) is 0.320. The maximum atomic E-state index is 12.5. The number of ether oxygens (including phenoxy) is 3. The number of methoxy groups -OCH3 is 3. The molecule has 1 unspecified atom stereocenters. The molecule has 0 aliphatic carbocycles. The summed E-state index contributed by atoms with van der Waals surface area (Å²) < 4.78 is 16.0. The average molecular weight is 345 g/mol. The Morgan fingerprint density at radius 1 is 1.22 bits per heavy atom. The van der Waals surface area contributed by atoms with Gasteiger partial charge >= 0.3 is 0 Å². The summed E-state index contributed by atoms with van der Waals surface area (Å²) in [5.74, 6) is 1.79. The van der Waals surface area contributed by atoms with Gasteiger partial charge in [0.2, 0.25) is 11.7 Å². The summed E-state index contributed by atoms with van der Waals surface area (Å²) in [6, 6.07) is 3.86. The van der Waals surface area contributed by atoms with Gasteiger partial charge in [-0.25, -0.2) is 0 Å². The molecule has 1 amide bonds. The van der Waals surface area contributed by atoms with Crippen LogP contribution in [0.4, 0.5) is 0 Å². The van der Waals surface area contributed by atoms with E-state index in [0.29, 0.717) is 23.7 Å². The van der Waals surface area contributed by atoms with Gasteiger partial charge < -0.3 is 24.4 Å². The Morgan fingerprint density at radius 2 is 1.83 bits per heavy atom. The van der Waals surface area contributed by atoms with Crippen molar-refractivity contribution in [1.29, 1.82) is 0 Å². The quantitative estimate of drug-likeness (QED) is 0.877. The molecular weight excluding hydrogens is 320 g/mol. The number of halogens is 1. The minimum atomic E-state index is 0. The van der Waals surface area contributed by atoms with Gasteiger partial charge in [-0.05, 0) is 24.6 Å². The van der Waals surface area contributed by atoms with Gasteiger partial charge in [-0.1, -0.05) is 0 Å². The topological polar surface area (TPSA) is 60.0 Å². The molecule has 130 valence electrons. The second-order valence-electron chi connectivity index (χ2n) is 5.35. The first kappa shape index (κ1) is 19.4. The zero-order chi connectivity index (χ0) is 16.1. The number of nitrogens with one attached hydrogen (secondary N) is 1. The molecule has 1 aliphatic heterocycles. The Morgan fingerprint density at radius 3 is 2.30 bits per heavy atom. The minimum absolute atomic E-state index is 0. The largest absolute Gasteiger partial charge is 0.493 e. The predicted molar refractivity (Wildman–Crippen MR) is 91.1 cm³/mol. The Hall–Kier alpha value is -1.66. The van der Waals surface area contributed by atoms with Crippen molar-refractivity contribution in [3.05, 3.63) is 17.7 Å². The number of nitrogens with zero attached hydrogens (tertiary/aromatic N) is 1. The lowest BCUT2D eigenvalue weighted by molar-refractivity contribution is -0.133. The molecular formula is C16H25ClN2O4. The molecule has 1 aromatic rings. The van der Waals surface area contributed by atoms with Crippen LogP contribution in [-0.2, 0) is 11.2 Å². The van der Waals surface area contributed by atoms with E-state index in [1.807, 2.05) is 17.0 Å². The molecule has 7 heteroatoms. The first-order valence-corrected chi connectivity index (χ1v) is 7.39. The predicted octanol–water partition coefficient (Wildman–Crippen LogP) is 1.50. The van der Waals surface area contributed by atoms with Crippen LogP contribution < -0.4 is 19.5 Å². The van der Waals surface area contributed by atoms with E-state index in [1.54, 1.807) is 21.3 Å². The van der Waals surface area contributed by atoms with Crippen LogP contribution in [0.1, 0.15) is 12.5 Å². The fourth-order valence-corrected chi connectivity index (χ4v) is 2.73. The molecule has 1 atom stereocenters. The standard InChI is InChI=1S/C16H24N2O4.ClH/c1-11-10-17-5-6-18(11)15(19)9-12-7-13(20-2)16(22-4)14(8-12)21-3;/h7-8,11,17H,5-6,9-10H2,1-4H3;1H. The first-order valence-electron chi connectivity index (χ1n) is 7.39. The van der Waals surface area contributed by atoms with Gasteiger partial charge in [0.25, 0.3) is 0 Å². The van der Waals surface area contributed by atoms with Crippen LogP contribution in [-0.4, -0.2) is 57.8 Å². The van der Waals surface area contributed by atoms with Crippen molar-refractivity contribution >= 4 is 18.3 Å².